The van der Waals surface area contributed by atoms with Crippen LogP contribution in [0.3, 0.4) is 0 Å². The van der Waals surface area contributed by atoms with Gasteiger partial charge in [0.05, 0.1) is 0 Å². The van der Waals surface area contributed by atoms with Crippen LogP contribution in [-0.4, -0.2) is 37.2 Å². The molecule has 1 fully saturated rings. The summed E-state index contributed by atoms with van der Waals surface area (Å²) in [4.78, 5) is 12.5. The zero-order chi connectivity index (χ0) is 15.4. The van der Waals surface area contributed by atoms with E-state index < -0.39 is 0 Å². The Morgan fingerprint density at radius 3 is 3.00 bits per heavy atom. The first-order valence-electron chi connectivity index (χ1n) is 8.15. The first kappa shape index (κ1) is 15.0. The molecule has 0 unspecified atom stereocenters. The molecular weight excluding hydrogens is 280 g/mol. The molecule has 1 aliphatic heterocycles. The van der Waals surface area contributed by atoms with Gasteiger partial charge in [0.25, 0.3) is 0 Å². The number of hydrogen-bond acceptors (Lipinski definition) is 4. The largest absolute Gasteiger partial charge is 0.345 e. The Morgan fingerprint density at radius 2 is 2.32 bits per heavy atom. The van der Waals surface area contributed by atoms with Crippen molar-refractivity contribution < 1.29 is 0 Å². The second kappa shape index (κ2) is 6.91. The number of piperidine rings is 1. The lowest BCUT2D eigenvalue weighted by atomic mass is 9.99. The molecule has 1 N–H and O–H groups in total. The molecule has 0 radical (unpaired) electrons. The summed E-state index contributed by atoms with van der Waals surface area (Å²) < 4.78 is 5.33. The van der Waals surface area contributed by atoms with Crippen molar-refractivity contribution in [3.05, 3.63) is 34.8 Å². The summed E-state index contributed by atoms with van der Waals surface area (Å²) in [5, 5.41) is 12.2. The molecule has 2 aromatic heterocycles. The number of hydrogen-bond donors (Lipinski definition) is 1. The third-order valence-electron chi connectivity index (χ3n) is 4.25. The molecular formula is C15H24N6O. The lowest BCUT2D eigenvalue weighted by Crippen LogP contribution is -2.31. The highest BCUT2D eigenvalue weighted by Crippen LogP contribution is 2.20. The molecule has 22 heavy (non-hydrogen) atoms. The van der Waals surface area contributed by atoms with E-state index in [-0.39, 0.29) is 5.69 Å². The number of nitrogens with one attached hydrogen (secondary N) is 1. The zero-order valence-corrected chi connectivity index (χ0v) is 13.1. The minimum atomic E-state index is 0.0172. The maximum absolute atomic E-state index is 12.5. The summed E-state index contributed by atoms with van der Waals surface area (Å²) in [5.41, 5.74) is 0.0172. The van der Waals surface area contributed by atoms with Gasteiger partial charge in [-0.2, -0.15) is 10.2 Å². The Hall–Kier alpha value is -1.89. The predicted octanol–water partition coefficient (Wildman–Crippen LogP) is 0.818. The monoisotopic (exact) mass is 304 g/mol. The topological polar surface area (TPSA) is 69.7 Å². The summed E-state index contributed by atoms with van der Waals surface area (Å²) in [7, 11) is 0. The van der Waals surface area contributed by atoms with E-state index in [1.165, 1.54) is 0 Å². The average Bonchev–Trinajstić information content (AvgIpc) is 3.17. The second-order valence-electron chi connectivity index (χ2n) is 5.77. The summed E-state index contributed by atoms with van der Waals surface area (Å²) in [6.45, 7) is 6.12. The molecule has 7 nitrogen and oxygen atoms in total. The molecule has 2 aromatic rings. The van der Waals surface area contributed by atoms with E-state index in [0.29, 0.717) is 19.0 Å². The Bertz CT molecular complexity index is 636. The van der Waals surface area contributed by atoms with E-state index >= 15 is 0 Å². The van der Waals surface area contributed by atoms with Crippen molar-refractivity contribution in [2.75, 3.05) is 13.1 Å². The van der Waals surface area contributed by atoms with Gasteiger partial charge in [0.15, 0.2) is 0 Å². The fraction of sp³-hybridized carbons (Fsp3) is 0.667. The summed E-state index contributed by atoms with van der Waals surface area (Å²) >= 11 is 0. The highest BCUT2D eigenvalue weighted by atomic mass is 16.2. The van der Waals surface area contributed by atoms with Crippen molar-refractivity contribution in [1.82, 2.24) is 29.4 Å². The third kappa shape index (κ3) is 3.14. The molecule has 0 aromatic carbocycles. The molecule has 0 spiro atoms. The molecule has 0 bridgehead atoms. The quantitative estimate of drug-likeness (QED) is 0.858. The van der Waals surface area contributed by atoms with Crippen LogP contribution in [0.15, 0.2) is 23.3 Å². The van der Waals surface area contributed by atoms with E-state index in [1.807, 2.05) is 28.4 Å². The Balaban J connectivity index is 1.71. The van der Waals surface area contributed by atoms with Gasteiger partial charge in [-0.05, 0) is 38.8 Å². The van der Waals surface area contributed by atoms with Crippen LogP contribution in [0.4, 0.5) is 0 Å². The van der Waals surface area contributed by atoms with Crippen LogP contribution in [0.5, 0.6) is 0 Å². The highest BCUT2D eigenvalue weighted by molar-refractivity contribution is 5.00. The lowest BCUT2D eigenvalue weighted by molar-refractivity contribution is 0.429. The van der Waals surface area contributed by atoms with Crippen LogP contribution in [0.25, 0.3) is 0 Å². The Labute approximate surface area is 129 Å². The van der Waals surface area contributed by atoms with E-state index in [1.54, 1.807) is 10.9 Å². The minimum Gasteiger partial charge on any atom is -0.316 e. The van der Waals surface area contributed by atoms with Crippen molar-refractivity contribution >= 4 is 0 Å². The Kier molecular flexibility index (Phi) is 4.72. The maximum Gasteiger partial charge on any atom is 0.345 e. The smallest absolute Gasteiger partial charge is 0.316 e. The van der Waals surface area contributed by atoms with Crippen molar-refractivity contribution in [3.63, 3.8) is 0 Å². The zero-order valence-electron chi connectivity index (χ0n) is 13.1. The molecule has 0 saturated carbocycles. The van der Waals surface area contributed by atoms with Gasteiger partial charge in [-0.15, -0.1) is 0 Å². The van der Waals surface area contributed by atoms with Gasteiger partial charge < -0.3 is 5.32 Å². The minimum absolute atomic E-state index is 0.0172. The van der Waals surface area contributed by atoms with Crippen molar-refractivity contribution in [2.24, 2.45) is 0 Å². The van der Waals surface area contributed by atoms with Gasteiger partial charge in [-0.3, -0.25) is 9.25 Å². The summed E-state index contributed by atoms with van der Waals surface area (Å²) in [6, 6.07) is 1.91. The van der Waals surface area contributed by atoms with Crippen LogP contribution in [0, 0.1) is 0 Å². The second-order valence-corrected chi connectivity index (χ2v) is 5.77. The highest BCUT2D eigenvalue weighted by Gasteiger charge is 2.23. The summed E-state index contributed by atoms with van der Waals surface area (Å²) in [6.07, 6.45) is 6.81. The number of aryl methyl sites for hydroxylation is 2. The van der Waals surface area contributed by atoms with Gasteiger partial charge in [-0.1, -0.05) is 0 Å². The van der Waals surface area contributed by atoms with Crippen LogP contribution in [0.1, 0.15) is 37.9 Å². The molecule has 3 rings (SSSR count). The van der Waals surface area contributed by atoms with Gasteiger partial charge in [-0.25, -0.2) is 9.48 Å². The first-order valence-corrected chi connectivity index (χ1v) is 8.15. The number of aromatic nitrogens is 5. The number of rotatable bonds is 6. The normalized spacial score (nSPS) is 18.7. The first-order chi connectivity index (χ1) is 10.8. The predicted molar refractivity (Wildman–Crippen MR) is 83.8 cm³/mol. The molecule has 3 heterocycles. The van der Waals surface area contributed by atoms with Gasteiger partial charge >= 0.3 is 5.69 Å². The molecule has 1 aliphatic rings. The van der Waals surface area contributed by atoms with Crippen LogP contribution >= 0.6 is 0 Å². The fourth-order valence-electron chi connectivity index (χ4n) is 3.09. The van der Waals surface area contributed by atoms with E-state index in [9.17, 15) is 4.79 Å². The summed E-state index contributed by atoms with van der Waals surface area (Å²) in [5.74, 6) is 1.30. The fourth-order valence-corrected chi connectivity index (χ4v) is 3.09. The van der Waals surface area contributed by atoms with Crippen LogP contribution in [0.2, 0.25) is 0 Å². The number of nitrogens with zero attached hydrogens (tertiary/aromatic N) is 5. The van der Waals surface area contributed by atoms with E-state index in [4.69, 9.17) is 0 Å². The van der Waals surface area contributed by atoms with E-state index in [0.717, 1.165) is 44.7 Å². The SMILES string of the molecule is CCn1c([C@@H]2CCCNC2)nn(CCCn2cccn2)c1=O. The van der Waals surface area contributed by atoms with E-state index in [2.05, 4.69) is 15.5 Å². The standard InChI is InChI=1S/C15H24N6O/c1-2-20-14(13-6-3-7-16-12-13)18-21(15(20)22)11-5-10-19-9-4-8-17-19/h4,8-9,13,16H,2-3,5-7,10-12H2,1H3/t13-/m1/s1. The van der Waals surface area contributed by atoms with Crippen molar-refractivity contribution in [2.45, 2.75) is 51.7 Å². The van der Waals surface area contributed by atoms with Crippen LogP contribution in [-0.2, 0) is 19.6 Å². The molecule has 0 amide bonds. The molecule has 1 saturated heterocycles. The molecule has 0 aliphatic carbocycles. The van der Waals surface area contributed by atoms with Gasteiger partial charge in [0.2, 0.25) is 0 Å². The van der Waals surface area contributed by atoms with Crippen molar-refractivity contribution in [1.29, 1.82) is 0 Å². The van der Waals surface area contributed by atoms with Gasteiger partial charge in [0, 0.05) is 44.5 Å². The van der Waals surface area contributed by atoms with Gasteiger partial charge in [0.1, 0.15) is 5.82 Å². The molecule has 120 valence electrons. The van der Waals surface area contributed by atoms with Crippen molar-refractivity contribution in [3.8, 4) is 0 Å². The lowest BCUT2D eigenvalue weighted by Gasteiger charge is -2.21. The average molecular weight is 304 g/mol. The van der Waals surface area contributed by atoms with Crippen LogP contribution < -0.4 is 11.0 Å². The third-order valence-corrected chi connectivity index (χ3v) is 4.25. The molecule has 1 atom stereocenters. The maximum atomic E-state index is 12.5. The molecule has 7 heteroatoms. The Morgan fingerprint density at radius 1 is 1.41 bits per heavy atom.